The Morgan fingerprint density at radius 2 is 1.79 bits per heavy atom. The molecule has 0 radical (unpaired) electrons. The van der Waals surface area contributed by atoms with Gasteiger partial charge in [0.2, 0.25) is 5.91 Å². The number of carbonyl (C=O) groups excluding carboxylic acids is 1. The molecule has 1 aromatic carbocycles. The van der Waals surface area contributed by atoms with Crippen molar-refractivity contribution in [3.8, 4) is 0 Å². The van der Waals surface area contributed by atoms with Crippen LogP contribution in [0.1, 0.15) is 63.4 Å². The molecule has 2 atom stereocenters. The Morgan fingerprint density at radius 1 is 1.07 bits per heavy atom. The number of aliphatic hydroxyl groups excluding tert-OH is 1. The average molecular weight is 403 g/mol. The summed E-state index contributed by atoms with van der Waals surface area (Å²) < 4.78 is 0. The van der Waals surface area contributed by atoms with Crippen LogP contribution in [0.15, 0.2) is 24.3 Å². The van der Waals surface area contributed by atoms with Gasteiger partial charge in [0.05, 0.1) is 6.10 Å². The smallest absolute Gasteiger partial charge is 0.243 e. The van der Waals surface area contributed by atoms with Gasteiger partial charge in [-0.25, -0.2) is 0 Å². The highest BCUT2D eigenvalue weighted by Crippen LogP contribution is 2.52. The SMILES string of the molecule is O=C1N(C2CCCCC2)CCC12C[C@@H](O)CN2CC1(c2ccc(Cl)cc2)CC1. The number of hydrogen-bond donors (Lipinski definition) is 1. The lowest BCUT2D eigenvalue weighted by atomic mass is 9.89. The summed E-state index contributed by atoms with van der Waals surface area (Å²) in [5.41, 5.74) is 0.974. The van der Waals surface area contributed by atoms with Crippen molar-refractivity contribution in [1.82, 2.24) is 9.80 Å². The lowest BCUT2D eigenvalue weighted by molar-refractivity contribution is -0.139. The summed E-state index contributed by atoms with van der Waals surface area (Å²) in [6, 6.07) is 8.64. The van der Waals surface area contributed by atoms with Crippen LogP contribution >= 0.6 is 11.6 Å². The van der Waals surface area contributed by atoms with Gasteiger partial charge in [-0.2, -0.15) is 0 Å². The van der Waals surface area contributed by atoms with Crippen molar-refractivity contribution in [3.63, 3.8) is 0 Å². The van der Waals surface area contributed by atoms with Gasteiger partial charge in [0.1, 0.15) is 5.54 Å². The Bertz CT molecular complexity index is 741. The van der Waals surface area contributed by atoms with Gasteiger partial charge in [-0.3, -0.25) is 9.69 Å². The molecule has 2 heterocycles. The van der Waals surface area contributed by atoms with Crippen LogP contribution in [0.3, 0.4) is 0 Å². The van der Waals surface area contributed by atoms with Crippen molar-refractivity contribution in [3.05, 3.63) is 34.9 Å². The van der Waals surface area contributed by atoms with Crippen molar-refractivity contribution in [1.29, 1.82) is 0 Å². The summed E-state index contributed by atoms with van der Waals surface area (Å²) >= 11 is 6.09. The summed E-state index contributed by atoms with van der Waals surface area (Å²) in [4.78, 5) is 18.2. The molecule has 4 nitrogen and oxygen atoms in total. The topological polar surface area (TPSA) is 43.8 Å². The fourth-order valence-corrected chi connectivity index (χ4v) is 6.22. The first kappa shape index (κ1) is 18.9. The predicted octanol–water partition coefficient (Wildman–Crippen LogP) is 3.74. The molecule has 152 valence electrons. The normalized spacial score (nSPS) is 33.1. The first-order chi connectivity index (χ1) is 13.5. The zero-order valence-corrected chi connectivity index (χ0v) is 17.3. The first-order valence-corrected chi connectivity index (χ1v) is 11.4. The monoisotopic (exact) mass is 402 g/mol. The maximum Gasteiger partial charge on any atom is 0.243 e. The molecule has 2 aliphatic heterocycles. The summed E-state index contributed by atoms with van der Waals surface area (Å²) in [6.07, 6.45) is 9.48. The van der Waals surface area contributed by atoms with Gasteiger partial charge in [0, 0.05) is 42.5 Å². The standard InChI is InChI=1S/C23H31ClN2O2/c24-18-8-6-17(7-9-18)22(10-11-22)16-25-15-20(27)14-23(25)12-13-26(21(23)28)19-4-2-1-3-5-19/h6-9,19-20,27H,1-5,10-16H2/t20-,23?/m1/s1. The Morgan fingerprint density at radius 3 is 2.46 bits per heavy atom. The zero-order chi connectivity index (χ0) is 19.4. The lowest BCUT2D eigenvalue weighted by Crippen LogP contribution is -2.53. The highest BCUT2D eigenvalue weighted by molar-refractivity contribution is 6.30. The van der Waals surface area contributed by atoms with E-state index in [0.29, 0.717) is 24.9 Å². The summed E-state index contributed by atoms with van der Waals surface area (Å²) in [5.74, 6) is 0.294. The molecule has 4 fully saturated rings. The van der Waals surface area contributed by atoms with Crippen LogP contribution < -0.4 is 0 Å². The number of hydrogen-bond acceptors (Lipinski definition) is 3. The van der Waals surface area contributed by atoms with E-state index < -0.39 is 11.6 Å². The number of β-amino-alcohol motifs (C(OH)–C–C–N with tert-alkyl or cyclic N) is 1. The number of nitrogens with zero attached hydrogens (tertiary/aromatic N) is 2. The summed E-state index contributed by atoms with van der Waals surface area (Å²) in [5, 5.41) is 11.3. The number of rotatable bonds is 4. The number of benzene rings is 1. The number of carbonyl (C=O) groups is 1. The van der Waals surface area contributed by atoms with Crippen molar-refractivity contribution >= 4 is 17.5 Å². The molecule has 2 saturated carbocycles. The molecule has 5 heteroatoms. The van der Waals surface area contributed by atoms with Crippen LogP contribution in [0.5, 0.6) is 0 Å². The van der Waals surface area contributed by atoms with Crippen molar-refractivity contribution < 1.29 is 9.90 Å². The van der Waals surface area contributed by atoms with Gasteiger partial charge >= 0.3 is 0 Å². The molecule has 1 amide bonds. The van der Waals surface area contributed by atoms with Crippen LogP contribution in [0, 0.1) is 0 Å². The Kier molecular flexibility index (Phi) is 4.72. The van der Waals surface area contributed by atoms with E-state index in [4.69, 9.17) is 11.6 Å². The van der Waals surface area contributed by atoms with Gasteiger partial charge < -0.3 is 10.0 Å². The number of amides is 1. The molecule has 28 heavy (non-hydrogen) atoms. The fraction of sp³-hybridized carbons (Fsp3) is 0.696. The largest absolute Gasteiger partial charge is 0.392 e. The minimum Gasteiger partial charge on any atom is -0.392 e. The third kappa shape index (κ3) is 3.09. The second kappa shape index (κ2) is 7.00. The molecule has 2 aliphatic carbocycles. The minimum absolute atomic E-state index is 0.125. The van der Waals surface area contributed by atoms with Crippen LogP contribution in [-0.4, -0.2) is 58.1 Å². The molecular weight excluding hydrogens is 372 g/mol. The van der Waals surface area contributed by atoms with E-state index in [1.54, 1.807) is 0 Å². The summed E-state index contributed by atoms with van der Waals surface area (Å²) in [6.45, 7) is 2.36. The van der Waals surface area contributed by atoms with Gasteiger partial charge in [-0.15, -0.1) is 0 Å². The van der Waals surface area contributed by atoms with Crippen LogP contribution in [0.2, 0.25) is 5.02 Å². The number of aliphatic hydroxyl groups is 1. The highest BCUT2D eigenvalue weighted by Gasteiger charge is 2.59. The molecular formula is C23H31ClN2O2. The predicted molar refractivity (Wildman–Crippen MR) is 110 cm³/mol. The molecule has 1 N–H and O–H groups in total. The molecule has 0 aromatic heterocycles. The molecule has 1 aromatic rings. The molecule has 1 spiro atoms. The average Bonchev–Trinajstić information content (AvgIpc) is 3.31. The number of halogens is 1. The quantitative estimate of drug-likeness (QED) is 0.834. The third-order valence-corrected chi connectivity index (χ3v) is 8.11. The molecule has 1 unspecified atom stereocenters. The summed E-state index contributed by atoms with van der Waals surface area (Å²) in [7, 11) is 0. The van der Waals surface area contributed by atoms with Crippen LogP contribution in [-0.2, 0) is 10.2 Å². The lowest BCUT2D eigenvalue weighted by Gasteiger charge is -2.38. The second-order valence-electron chi connectivity index (χ2n) is 9.60. The van der Waals surface area contributed by atoms with E-state index in [-0.39, 0.29) is 5.41 Å². The molecule has 0 bridgehead atoms. The van der Waals surface area contributed by atoms with Gasteiger partial charge in [-0.05, 0) is 49.8 Å². The maximum atomic E-state index is 13.6. The maximum absolute atomic E-state index is 13.6. The van der Waals surface area contributed by atoms with Crippen LogP contribution in [0.4, 0.5) is 0 Å². The van der Waals surface area contributed by atoms with Crippen molar-refractivity contribution in [2.45, 2.75) is 80.9 Å². The van der Waals surface area contributed by atoms with Gasteiger partial charge in [-0.1, -0.05) is 43.0 Å². The Balaban J connectivity index is 1.37. The Labute approximate surface area is 172 Å². The van der Waals surface area contributed by atoms with E-state index in [1.165, 1.54) is 24.8 Å². The second-order valence-corrected chi connectivity index (χ2v) is 10.0. The van der Waals surface area contributed by atoms with E-state index in [0.717, 1.165) is 50.2 Å². The van der Waals surface area contributed by atoms with E-state index in [2.05, 4.69) is 21.9 Å². The minimum atomic E-state index is -0.473. The zero-order valence-electron chi connectivity index (χ0n) is 16.6. The van der Waals surface area contributed by atoms with E-state index in [1.807, 2.05) is 12.1 Å². The van der Waals surface area contributed by atoms with Gasteiger partial charge in [0.25, 0.3) is 0 Å². The van der Waals surface area contributed by atoms with Crippen LogP contribution in [0.25, 0.3) is 0 Å². The van der Waals surface area contributed by atoms with Crippen molar-refractivity contribution in [2.24, 2.45) is 0 Å². The van der Waals surface area contributed by atoms with Crippen molar-refractivity contribution in [2.75, 3.05) is 19.6 Å². The number of likely N-dealkylation sites (tertiary alicyclic amines) is 2. The third-order valence-electron chi connectivity index (χ3n) is 7.85. The molecule has 2 saturated heterocycles. The first-order valence-electron chi connectivity index (χ1n) is 11.0. The van der Waals surface area contributed by atoms with Gasteiger partial charge in [0.15, 0.2) is 0 Å². The molecule has 4 aliphatic rings. The molecule has 5 rings (SSSR count). The van der Waals surface area contributed by atoms with E-state index >= 15 is 0 Å². The fourth-order valence-electron chi connectivity index (χ4n) is 6.09. The van der Waals surface area contributed by atoms with E-state index in [9.17, 15) is 9.90 Å². The highest BCUT2D eigenvalue weighted by atomic mass is 35.5. The Hall–Kier alpha value is -1.10.